The van der Waals surface area contributed by atoms with Crippen molar-refractivity contribution in [2.24, 2.45) is 5.73 Å². The van der Waals surface area contributed by atoms with Crippen LogP contribution in [-0.4, -0.2) is 30.6 Å². The Morgan fingerprint density at radius 2 is 1.29 bits per heavy atom. The lowest BCUT2D eigenvalue weighted by Crippen LogP contribution is -2.46. The molecule has 0 heterocycles. The predicted octanol–water partition coefficient (Wildman–Crippen LogP) is 3.49. The number of nitrogens with two attached hydrogens (primary N) is 1. The minimum Gasteiger partial charge on any atom is -0.329 e. The second kappa shape index (κ2) is 7.39. The Kier molecular flexibility index (Phi) is 5.54. The molecule has 2 N–H and O–H groups in total. The SMILES string of the molecule is CC(C)N(C)C(CN)C(c1ccccc1)c1ccccc1. The van der Waals surface area contributed by atoms with E-state index in [9.17, 15) is 0 Å². The molecular formula is C19H26N2. The summed E-state index contributed by atoms with van der Waals surface area (Å²) >= 11 is 0. The van der Waals surface area contributed by atoms with Gasteiger partial charge in [-0.15, -0.1) is 0 Å². The molecule has 2 aromatic rings. The maximum Gasteiger partial charge on any atom is 0.0327 e. The Bertz CT molecular complexity index is 482. The van der Waals surface area contributed by atoms with E-state index in [2.05, 4.69) is 86.5 Å². The number of hydrogen-bond acceptors (Lipinski definition) is 2. The smallest absolute Gasteiger partial charge is 0.0327 e. The highest BCUT2D eigenvalue weighted by Gasteiger charge is 2.28. The zero-order valence-electron chi connectivity index (χ0n) is 13.2. The number of likely N-dealkylation sites (N-methyl/N-ethyl adjacent to an activating group) is 1. The van der Waals surface area contributed by atoms with Crippen molar-refractivity contribution >= 4 is 0 Å². The third kappa shape index (κ3) is 3.72. The lowest BCUT2D eigenvalue weighted by atomic mass is 9.84. The average Bonchev–Trinajstić information content (AvgIpc) is 2.53. The lowest BCUT2D eigenvalue weighted by Gasteiger charge is -2.37. The van der Waals surface area contributed by atoms with Crippen molar-refractivity contribution in [3.05, 3.63) is 71.8 Å². The first-order valence-electron chi connectivity index (χ1n) is 7.67. The van der Waals surface area contributed by atoms with E-state index < -0.39 is 0 Å². The maximum absolute atomic E-state index is 6.15. The largest absolute Gasteiger partial charge is 0.329 e. The molecule has 0 amide bonds. The molecule has 1 unspecified atom stereocenters. The van der Waals surface area contributed by atoms with Crippen molar-refractivity contribution in [1.29, 1.82) is 0 Å². The van der Waals surface area contributed by atoms with E-state index in [1.807, 2.05) is 0 Å². The summed E-state index contributed by atoms with van der Waals surface area (Å²) in [4.78, 5) is 2.38. The second-order valence-corrected chi connectivity index (χ2v) is 5.86. The number of rotatable bonds is 6. The van der Waals surface area contributed by atoms with Gasteiger partial charge in [0.05, 0.1) is 0 Å². The van der Waals surface area contributed by atoms with Gasteiger partial charge in [0.15, 0.2) is 0 Å². The lowest BCUT2D eigenvalue weighted by molar-refractivity contribution is 0.184. The predicted molar refractivity (Wildman–Crippen MR) is 90.5 cm³/mol. The molecule has 21 heavy (non-hydrogen) atoms. The van der Waals surface area contributed by atoms with Crippen LogP contribution < -0.4 is 5.73 Å². The van der Waals surface area contributed by atoms with E-state index in [0.29, 0.717) is 18.5 Å². The van der Waals surface area contributed by atoms with Gasteiger partial charge in [0.1, 0.15) is 0 Å². The van der Waals surface area contributed by atoms with Crippen LogP contribution in [0.4, 0.5) is 0 Å². The van der Waals surface area contributed by atoms with Gasteiger partial charge in [-0.2, -0.15) is 0 Å². The molecule has 2 rings (SSSR count). The average molecular weight is 282 g/mol. The van der Waals surface area contributed by atoms with Gasteiger partial charge in [0, 0.05) is 24.5 Å². The molecule has 0 aliphatic heterocycles. The van der Waals surface area contributed by atoms with E-state index in [0.717, 1.165) is 0 Å². The Morgan fingerprint density at radius 1 is 0.857 bits per heavy atom. The van der Waals surface area contributed by atoms with Gasteiger partial charge < -0.3 is 5.73 Å². The molecular weight excluding hydrogens is 256 g/mol. The molecule has 2 heteroatoms. The van der Waals surface area contributed by atoms with Gasteiger partial charge in [-0.05, 0) is 32.0 Å². The van der Waals surface area contributed by atoms with Crippen LogP contribution in [0.3, 0.4) is 0 Å². The van der Waals surface area contributed by atoms with Crippen LogP contribution in [0.25, 0.3) is 0 Å². The fourth-order valence-corrected chi connectivity index (χ4v) is 2.88. The monoisotopic (exact) mass is 282 g/mol. The quantitative estimate of drug-likeness (QED) is 0.879. The third-order valence-corrected chi connectivity index (χ3v) is 4.28. The van der Waals surface area contributed by atoms with Gasteiger partial charge in [0.2, 0.25) is 0 Å². The van der Waals surface area contributed by atoms with E-state index in [1.54, 1.807) is 0 Å². The summed E-state index contributed by atoms with van der Waals surface area (Å²) < 4.78 is 0. The van der Waals surface area contributed by atoms with E-state index in [4.69, 9.17) is 5.73 Å². The normalized spacial score (nSPS) is 13.1. The molecule has 0 saturated heterocycles. The van der Waals surface area contributed by atoms with Crippen LogP contribution in [0.15, 0.2) is 60.7 Å². The minimum atomic E-state index is 0.287. The summed E-state index contributed by atoms with van der Waals surface area (Å²) in [6, 6.07) is 22.1. The number of nitrogens with zero attached hydrogens (tertiary/aromatic N) is 1. The number of benzene rings is 2. The zero-order valence-corrected chi connectivity index (χ0v) is 13.2. The molecule has 0 bridgehead atoms. The van der Waals surface area contributed by atoms with Crippen molar-refractivity contribution in [2.75, 3.05) is 13.6 Å². The fraction of sp³-hybridized carbons (Fsp3) is 0.368. The molecule has 1 atom stereocenters. The molecule has 0 aliphatic rings. The van der Waals surface area contributed by atoms with Crippen molar-refractivity contribution in [3.63, 3.8) is 0 Å². The van der Waals surface area contributed by atoms with Crippen molar-refractivity contribution in [2.45, 2.75) is 31.8 Å². The Labute approximate surface area is 128 Å². The van der Waals surface area contributed by atoms with Crippen molar-refractivity contribution in [1.82, 2.24) is 4.90 Å². The molecule has 0 aliphatic carbocycles. The maximum atomic E-state index is 6.15. The van der Waals surface area contributed by atoms with Gasteiger partial charge in [-0.25, -0.2) is 0 Å². The number of hydrogen-bond donors (Lipinski definition) is 1. The van der Waals surface area contributed by atoms with Gasteiger partial charge in [0.25, 0.3) is 0 Å². The molecule has 0 aromatic heterocycles. The van der Waals surface area contributed by atoms with Crippen LogP contribution >= 0.6 is 0 Å². The van der Waals surface area contributed by atoms with E-state index in [1.165, 1.54) is 11.1 Å². The van der Waals surface area contributed by atoms with E-state index >= 15 is 0 Å². The summed E-state index contributed by atoms with van der Waals surface area (Å²) in [5.74, 6) is 0.296. The highest BCUT2D eigenvalue weighted by atomic mass is 15.2. The summed E-state index contributed by atoms with van der Waals surface area (Å²) in [6.07, 6.45) is 0. The van der Waals surface area contributed by atoms with Gasteiger partial charge in [-0.3, -0.25) is 4.90 Å². The second-order valence-electron chi connectivity index (χ2n) is 5.86. The summed E-state index contributed by atoms with van der Waals surface area (Å²) in [5.41, 5.74) is 8.80. The summed E-state index contributed by atoms with van der Waals surface area (Å²) in [7, 11) is 2.17. The van der Waals surface area contributed by atoms with Gasteiger partial charge in [-0.1, -0.05) is 60.7 Å². The Hall–Kier alpha value is -1.64. The van der Waals surface area contributed by atoms with Crippen LogP contribution in [0.5, 0.6) is 0 Å². The zero-order chi connectivity index (χ0) is 15.2. The van der Waals surface area contributed by atoms with Crippen LogP contribution in [0, 0.1) is 0 Å². The summed E-state index contributed by atoms with van der Waals surface area (Å²) in [6.45, 7) is 5.08. The molecule has 2 nitrogen and oxygen atoms in total. The first-order valence-corrected chi connectivity index (χ1v) is 7.67. The molecule has 0 spiro atoms. The first kappa shape index (κ1) is 15.7. The highest BCUT2D eigenvalue weighted by molar-refractivity contribution is 5.34. The van der Waals surface area contributed by atoms with E-state index in [-0.39, 0.29) is 6.04 Å². The standard InChI is InChI=1S/C19H26N2/c1-15(2)21(3)18(14-20)19(16-10-6-4-7-11-16)17-12-8-5-9-13-17/h4-13,15,18-19H,14,20H2,1-3H3. The topological polar surface area (TPSA) is 29.3 Å². The van der Waals surface area contributed by atoms with Crippen LogP contribution in [0.2, 0.25) is 0 Å². The molecule has 0 radical (unpaired) electrons. The molecule has 112 valence electrons. The van der Waals surface area contributed by atoms with Crippen molar-refractivity contribution in [3.8, 4) is 0 Å². The fourth-order valence-electron chi connectivity index (χ4n) is 2.88. The molecule has 0 fully saturated rings. The highest BCUT2D eigenvalue weighted by Crippen LogP contribution is 2.30. The Balaban J connectivity index is 2.45. The molecule has 2 aromatic carbocycles. The first-order chi connectivity index (χ1) is 10.1. The minimum absolute atomic E-state index is 0.287. The van der Waals surface area contributed by atoms with Crippen LogP contribution in [0.1, 0.15) is 30.9 Å². The third-order valence-electron chi connectivity index (χ3n) is 4.28. The summed E-state index contributed by atoms with van der Waals surface area (Å²) in [5, 5.41) is 0. The van der Waals surface area contributed by atoms with Gasteiger partial charge >= 0.3 is 0 Å². The van der Waals surface area contributed by atoms with Crippen molar-refractivity contribution < 1.29 is 0 Å². The van der Waals surface area contributed by atoms with Crippen LogP contribution in [-0.2, 0) is 0 Å². The molecule has 0 saturated carbocycles. The Morgan fingerprint density at radius 3 is 1.62 bits per heavy atom.